The smallest absolute Gasteiger partial charge is 0.315 e. The fourth-order valence-electron chi connectivity index (χ4n) is 1.61. The van der Waals surface area contributed by atoms with Crippen LogP contribution in [0.2, 0.25) is 0 Å². The Hall–Kier alpha value is -1.56. The molecule has 0 saturated heterocycles. The fraction of sp³-hybridized carbons (Fsp3) is 0.538. The topological polar surface area (TPSA) is 78.4 Å². The van der Waals surface area contributed by atoms with E-state index in [1.807, 2.05) is 24.4 Å². The van der Waals surface area contributed by atoms with Crippen LogP contribution in [-0.4, -0.2) is 23.1 Å². The maximum atomic E-state index is 11.8. The lowest BCUT2D eigenvalue weighted by Crippen LogP contribution is -2.46. The summed E-state index contributed by atoms with van der Waals surface area (Å²) in [5.41, 5.74) is 0. The van der Waals surface area contributed by atoms with Gasteiger partial charge in [0.15, 0.2) is 0 Å². The van der Waals surface area contributed by atoms with Crippen molar-refractivity contribution >= 4 is 23.3 Å². The van der Waals surface area contributed by atoms with Crippen molar-refractivity contribution in [1.82, 2.24) is 10.6 Å². The number of rotatable bonds is 6. The lowest BCUT2D eigenvalue weighted by molar-refractivity contribution is -0.141. The highest BCUT2D eigenvalue weighted by Gasteiger charge is 2.22. The Balaban J connectivity index is 2.52. The summed E-state index contributed by atoms with van der Waals surface area (Å²) in [6, 6.07) is 3.13. The Morgan fingerprint density at radius 1 is 1.37 bits per heavy atom. The molecule has 1 heterocycles. The molecule has 1 rings (SSSR count). The number of urea groups is 1. The lowest BCUT2D eigenvalue weighted by Gasteiger charge is -2.21. The minimum atomic E-state index is -0.918. The van der Waals surface area contributed by atoms with Crippen molar-refractivity contribution in [3.8, 4) is 0 Å². The van der Waals surface area contributed by atoms with Gasteiger partial charge in [0, 0.05) is 10.9 Å². The molecule has 0 aliphatic carbocycles. The third-order valence-electron chi connectivity index (χ3n) is 3.10. The van der Waals surface area contributed by atoms with Gasteiger partial charge in [-0.3, -0.25) is 4.79 Å². The van der Waals surface area contributed by atoms with E-state index in [1.165, 1.54) is 0 Å². The van der Waals surface area contributed by atoms with Crippen LogP contribution in [0.25, 0.3) is 0 Å². The van der Waals surface area contributed by atoms with E-state index in [2.05, 4.69) is 10.6 Å². The number of carbonyl (C=O) groups is 2. The SMILES string of the molecule is CCC(NC(=O)NC(C)C(C)C(=O)O)c1cccs1. The van der Waals surface area contributed by atoms with E-state index >= 15 is 0 Å². The van der Waals surface area contributed by atoms with Gasteiger partial charge in [-0.05, 0) is 31.7 Å². The number of nitrogens with one attached hydrogen (secondary N) is 2. The third-order valence-corrected chi connectivity index (χ3v) is 4.08. The van der Waals surface area contributed by atoms with Crippen LogP contribution in [0.3, 0.4) is 0 Å². The van der Waals surface area contributed by atoms with E-state index in [4.69, 9.17) is 5.11 Å². The quantitative estimate of drug-likeness (QED) is 0.751. The molecule has 0 fully saturated rings. The molecule has 0 spiro atoms. The maximum absolute atomic E-state index is 11.8. The van der Waals surface area contributed by atoms with Crippen molar-refractivity contribution < 1.29 is 14.7 Å². The fourth-order valence-corrected chi connectivity index (χ4v) is 2.47. The number of carboxylic acids is 1. The first-order chi connectivity index (χ1) is 8.95. The lowest BCUT2D eigenvalue weighted by atomic mass is 10.0. The Morgan fingerprint density at radius 3 is 2.53 bits per heavy atom. The molecule has 3 unspecified atom stereocenters. The van der Waals surface area contributed by atoms with Gasteiger partial charge in [-0.2, -0.15) is 0 Å². The first-order valence-electron chi connectivity index (χ1n) is 6.29. The highest BCUT2D eigenvalue weighted by molar-refractivity contribution is 7.10. The predicted molar refractivity (Wildman–Crippen MR) is 75.3 cm³/mol. The minimum Gasteiger partial charge on any atom is -0.481 e. The summed E-state index contributed by atoms with van der Waals surface area (Å²) in [6.07, 6.45) is 0.788. The largest absolute Gasteiger partial charge is 0.481 e. The summed E-state index contributed by atoms with van der Waals surface area (Å²) in [5.74, 6) is -1.54. The van der Waals surface area contributed by atoms with Gasteiger partial charge in [-0.1, -0.05) is 13.0 Å². The van der Waals surface area contributed by atoms with Gasteiger partial charge in [0.2, 0.25) is 0 Å². The van der Waals surface area contributed by atoms with Crippen LogP contribution < -0.4 is 10.6 Å². The Labute approximate surface area is 117 Å². The molecule has 6 heteroatoms. The average molecular weight is 284 g/mol. The average Bonchev–Trinajstić information content (AvgIpc) is 2.88. The molecular formula is C13H20N2O3S. The van der Waals surface area contributed by atoms with Gasteiger partial charge >= 0.3 is 12.0 Å². The van der Waals surface area contributed by atoms with Crippen molar-refractivity contribution in [3.05, 3.63) is 22.4 Å². The third kappa shape index (κ3) is 4.55. The van der Waals surface area contributed by atoms with Crippen LogP contribution in [-0.2, 0) is 4.79 Å². The number of hydrogen-bond donors (Lipinski definition) is 3. The molecule has 19 heavy (non-hydrogen) atoms. The second-order valence-corrected chi connectivity index (χ2v) is 5.49. The number of carbonyl (C=O) groups excluding carboxylic acids is 1. The second-order valence-electron chi connectivity index (χ2n) is 4.51. The molecule has 0 aliphatic rings. The zero-order valence-electron chi connectivity index (χ0n) is 11.3. The van der Waals surface area contributed by atoms with Crippen molar-refractivity contribution in [2.24, 2.45) is 5.92 Å². The van der Waals surface area contributed by atoms with Crippen LogP contribution in [0, 0.1) is 5.92 Å². The molecule has 0 radical (unpaired) electrons. The van der Waals surface area contributed by atoms with E-state index < -0.39 is 17.9 Å². The highest BCUT2D eigenvalue weighted by Crippen LogP contribution is 2.21. The number of amides is 2. The number of hydrogen-bond acceptors (Lipinski definition) is 3. The Bertz CT molecular complexity index is 420. The van der Waals surface area contributed by atoms with Crippen molar-refractivity contribution in [1.29, 1.82) is 0 Å². The predicted octanol–water partition coefficient (Wildman–Crippen LogP) is 2.61. The van der Waals surface area contributed by atoms with E-state index in [0.717, 1.165) is 11.3 Å². The molecule has 106 valence electrons. The zero-order chi connectivity index (χ0) is 14.4. The molecule has 0 bridgehead atoms. The standard InChI is InChI=1S/C13H20N2O3S/c1-4-10(11-6-5-7-19-11)15-13(18)14-9(3)8(2)12(16)17/h5-10H,4H2,1-3H3,(H,16,17)(H2,14,15,18). The maximum Gasteiger partial charge on any atom is 0.315 e. The van der Waals surface area contributed by atoms with E-state index in [0.29, 0.717) is 0 Å². The molecule has 0 aliphatic heterocycles. The molecular weight excluding hydrogens is 264 g/mol. The summed E-state index contributed by atoms with van der Waals surface area (Å²) < 4.78 is 0. The summed E-state index contributed by atoms with van der Waals surface area (Å²) in [7, 11) is 0. The Kier molecular flexibility index (Phi) is 5.82. The first-order valence-corrected chi connectivity index (χ1v) is 7.16. The Morgan fingerprint density at radius 2 is 2.05 bits per heavy atom. The van der Waals surface area contributed by atoms with E-state index in [9.17, 15) is 9.59 Å². The monoisotopic (exact) mass is 284 g/mol. The minimum absolute atomic E-state index is 0.0349. The van der Waals surface area contributed by atoms with Crippen LogP contribution in [0.5, 0.6) is 0 Å². The van der Waals surface area contributed by atoms with Gasteiger partial charge in [-0.25, -0.2) is 4.79 Å². The molecule has 5 nitrogen and oxygen atoms in total. The molecule has 0 saturated carbocycles. The molecule has 2 amide bonds. The van der Waals surface area contributed by atoms with Gasteiger partial charge < -0.3 is 15.7 Å². The van der Waals surface area contributed by atoms with Crippen molar-refractivity contribution in [3.63, 3.8) is 0 Å². The van der Waals surface area contributed by atoms with E-state index in [1.54, 1.807) is 25.2 Å². The van der Waals surface area contributed by atoms with Crippen LogP contribution in [0.1, 0.15) is 38.1 Å². The van der Waals surface area contributed by atoms with Gasteiger partial charge in [-0.15, -0.1) is 11.3 Å². The summed E-state index contributed by atoms with van der Waals surface area (Å²) in [5, 5.41) is 16.4. The number of carboxylic acid groups (broad SMARTS) is 1. The van der Waals surface area contributed by atoms with Gasteiger partial charge in [0.05, 0.1) is 12.0 Å². The summed E-state index contributed by atoms with van der Waals surface area (Å²) >= 11 is 1.59. The molecule has 1 aromatic heterocycles. The van der Waals surface area contributed by atoms with Crippen molar-refractivity contribution in [2.45, 2.75) is 39.3 Å². The van der Waals surface area contributed by atoms with Crippen molar-refractivity contribution in [2.75, 3.05) is 0 Å². The number of aliphatic carboxylic acids is 1. The molecule has 3 N–H and O–H groups in total. The van der Waals surface area contributed by atoms with Crippen LogP contribution in [0.15, 0.2) is 17.5 Å². The summed E-state index contributed by atoms with van der Waals surface area (Å²) in [6.45, 7) is 5.25. The number of thiophene rings is 1. The van der Waals surface area contributed by atoms with Crippen LogP contribution >= 0.6 is 11.3 Å². The van der Waals surface area contributed by atoms with Crippen LogP contribution in [0.4, 0.5) is 4.79 Å². The highest BCUT2D eigenvalue weighted by atomic mass is 32.1. The van der Waals surface area contributed by atoms with Gasteiger partial charge in [0.1, 0.15) is 0 Å². The second kappa shape index (κ2) is 7.13. The molecule has 1 aromatic rings. The summed E-state index contributed by atoms with van der Waals surface area (Å²) in [4.78, 5) is 23.7. The van der Waals surface area contributed by atoms with Gasteiger partial charge in [0.25, 0.3) is 0 Å². The first kappa shape index (κ1) is 15.5. The van der Waals surface area contributed by atoms with E-state index in [-0.39, 0.29) is 12.1 Å². The zero-order valence-corrected chi connectivity index (χ0v) is 12.2. The normalized spacial score (nSPS) is 15.3. The molecule has 3 atom stereocenters. The molecule has 0 aromatic carbocycles.